The van der Waals surface area contributed by atoms with Crippen LogP contribution in [-0.4, -0.2) is 5.91 Å². The summed E-state index contributed by atoms with van der Waals surface area (Å²) in [6.45, 7) is 3.93. The van der Waals surface area contributed by atoms with Crippen molar-refractivity contribution in [3.05, 3.63) is 53.0 Å². The largest absolute Gasteiger partial charge is 0.455 e. The molecule has 0 bridgehead atoms. The predicted molar refractivity (Wildman–Crippen MR) is 72.1 cm³/mol. The highest BCUT2D eigenvalue weighted by atomic mass is 35.5. The quantitative estimate of drug-likeness (QED) is 0.854. The summed E-state index contributed by atoms with van der Waals surface area (Å²) in [5.74, 6) is 0.853. The fourth-order valence-corrected chi connectivity index (χ4v) is 1.77. The maximum absolute atomic E-state index is 12.0. The van der Waals surface area contributed by atoms with Gasteiger partial charge in [0, 0.05) is 5.69 Å². The van der Waals surface area contributed by atoms with Gasteiger partial charge in [-0.2, -0.15) is 0 Å². The summed E-state index contributed by atoms with van der Waals surface area (Å²) in [7, 11) is 0. The molecule has 1 amide bonds. The molecule has 0 fully saturated rings. The number of hydrogen-bond donors (Lipinski definition) is 1. The van der Waals surface area contributed by atoms with E-state index in [0.717, 1.165) is 16.8 Å². The van der Waals surface area contributed by atoms with Crippen molar-refractivity contribution in [2.24, 2.45) is 0 Å². The second-order valence-electron chi connectivity index (χ2n) is 4.17. The average molecular weight is 264 g/mol. The van der Waals surface area contributed by atoms with Crippen LogP contribution in [0.25, 0.3) is 0 Å². The summed E-state index contributed by atoms with van der Waals surface area (Å²) in [6, 6.07) is 9.22. The van der Waals surface area contributed by atoms with Gasteiger partial charge in [-0.05, 0) is 43.2 Å². The van der Waals surface area contributed by atoms with Crippen molar-refractivity contribution in [2.45, 2.75) is 19.7 Å². The van der Waals surface area contributed by atoms with Crippen LogP contribution < -0.4 is 5.32 Å². The zero-order chi connectivity index (χ0) is 13.1. The molecule has 0 aliphatic rings. The highest BCUT2D eigenvalue weighted by molar-refractivity contribution is 6.16. The second kappa shape index (κ2) is 5.27. The summed E-state index contributed by atoms with van der Waals surface area (Å²) in [5, 5.41) is 2.83. The second-order valence-corrected chi connectivity index (χ2v) is 4.44. The van der Waals surface area contributed by atoms with Gasteiger partial charge in [0.1, 0.15) is 5.76 Å². The topological polar surface area (TPSA) is 42.2 Å². The zero-order valence-corrected chi connectivity index (χ0v) is 11.0. The molecule has 0 unspecified atom stereocenters. The van der Waals surface area contributed by atoms with Crippen LogP contribution >= 0.6 is 11.6 Å². The van der Waals surface area contributed by atoms with Crippen LogP contribution in [0.1, 0.15) is 27.4 Å². The van der Waals surface area contributed by atoms with Gasteiger partial charge in [0.2, 0.25) is 0 Å². The molecule has 0 aliphatic heterocycles. The van der Waals surface area contributed by atoms with Crippen LogP contribution in [0, 0.1) is 13.8 Å². The highest BCUT2D eigenvalue weighted by Crippen LogP contribution is 2.18. The molecule has 1 N–H and O–H groups in total. The first-order valence-electron chi connectivity index (χ1n) is 5.63. The normalized spacial score (nSPS) is 10.4. The Morgan fingerprint density at radius 2 is 2.06 bits per heavy atom. The number of carbonyl (C=O) groups excluding carboxylic acids is 1. The lowest BCUT2D eigenvalue weighted by molar-refractivity contribution is 0.0995. The zero-order valence-electron chi connectivity index (χ0n) is 10.3. The number of furan rings is 1. The molecule has 0 atom stereocenters. The van der Waals surface area contributed by atoms with E-state index in [1.54, 1.807) is 12.1 Å². The Balaban J connectivity index is 2.18. The van der Waals surface area contributed by atoms with Gasteiger partial charge in [-0.15, -0.1) is 11.6 Å². The predicted octanol–water partition coefficient (Wildman–Crippen LogP) is 3.89. The van der Waals surface area contributed by atoms with Crippen LogP contribution in [0.15, 0.2) is 34.7 Å². The van der Waals surface area contributed by atoms with Gasteiger partial charge in [0.15, 0.2) is 5.76 Å². The third-order valence-corrected chi connectivity index (χ3v) is 2.92. The van der Waals surface area contributed by atoms with Crippen molar-refractivity contribution in [1.29, 1.82) is 0 Å². The number of nitrogens with one attached hydrogen (secondary N) is 1. The first-order valence-corrected chi connectivity index (χ1v) is 6.17. The molecule has 0 radical (unpaired) electrons. The Labute approximate surface area is 111 Å². The van der Waals surface area contributed by atoms with Crippen molar-refractivity contribution < 1.29 is 9.21 Å². The van der Waals surface area contributed by atoms with E-state index in [0.29, 0.717) is 5.76 Å². The van der Waals surface area contributed by atoms with E-state index in [9.17, 15) is 4.79 Å². The number of alkyl halides is 1. The van der Waals surface area contributed by atoms with Gasteiger partial charge in [-0.3, -0.25) is 4.79 Å². The first-order chi connectivity index (χ1) is 8.60. The molecule has 0 aliphatic carbocycles. The van der Waals surface area contributed by atoms with Crippen molar-refractivity contribution >= 4 is 23.2 Å². The molecule has 1 aromatic heterocycles. The Hall–Kier alpha value is -1.74. The van der Waals surface area contributed by atoms with E-state index in [1.807, 2.05) is 32.0 Å². The lowest BCUT2D eigenvalue weighted by Gasteiger charge is -2.07. The van der Waals surface area contributed by atoms with Gasteiger partial charge < -0.3 is 9.73 Å². The molecular weight excluding hydrogens is 250 g/mol. The first kappa shape index (κ1) is 12.7. The molecule has 94 valence electrons. The summed E-state index contributed by atoms with van der Waals surface area (Å²) >= 11 is 5.63. The number of carbonyl (C=O) groups is 1. The Bertz CT molecular complexity index is 575. The lowest BCUT2D eigenvalue weighted by Crippen LogP contribution is -2.11. The minimum Gasteiger partial charge on any atom is -0.455 e. The molecule has 1 aromatic carbocycles. The van der Waals surface area contributed by atoms with Crippen LogP contribution in [0.2, 0.25) is 0 Å². The third kappa shape index (κ3) is 2.74. The standard InChI is InChI=1S/C14H14ClNO2/c1-9-3-4-10(2)12(7-9)16-14(17)13-6-5-11(8-15)18-13/h3-7H,8H2,1-2H3,(H,16,17). The van der Waals surface area contributed by atoms with Crippen molar-refractivity contribution in [3.63, 3.8) is 0 Å². The van der Waals surface area contributed by atoms with E-state index in [1.165, 1.54) is 0 Å². The number of aryl methyl sites for hydroxylation is 2. The number of benzene rings is 1. The van der Waals surface area contributed by atoms with E-state index in [4.69, 9.17) is 16.0 Å². The number of hydrogen-bond acceptors (Lipinski definition) is 2. The molecular formula is C14H14ClNO2. The molecule has 2 rings (SSSR count). The fraction of sp³-hybridized carbons (Fsp3) is 0.214. The van der Waals surface area contributed by atoms with E-state index in [2.05, 4.69) is 5.32 Å². The monoisotopic (exact) mass is 263 g/mol. The van der Waals surface area contributed by atoms with Gasteiger partial charge in [-0.1, -0.05) is 12.1 Å². The molecule has 3 nitrogen and oxygen atoms in total. The van der Waals surface area contributed by atoms with Crippen LogP contribution in [0.5, 0.6) is 0 Å². The highest BCUT2D eigenvalue weighted by Gasteiger charge is 2.12. The molecule has 2 aromatic rings. The number of rotatable bonds is 3. The van der Waals surface area contributed by atoms with Crippen LogP contribution in [0.3, 0.4) is 0 Å². The van der Waals surface area contributed by atoms with E-state index in [-0.39, 0.29) is 17.5 Å². The van der Waals surface area contributed by atoms with Crippen molar-refractivity contribution in [2.75, 3.05) is 5.32 Å². The lowest BCUT2D eigenvalue weighted by atomic mass is 10.1. The molecule has 0 saturated carbocycles. The van der Waals surface area contributed by atoms with Crippen molar-refractivity contribution in [1.82, 2.24) is 0 Å². The average Bonchev–Trinajstić information content (AvgIpc) is 2.82. The Morgan fingerprint density at radius 3 is 2.72 bits per heavy atom. The molecule has 18 heavy (non-hydrogen) atoms. The van der Waals surface area contributed by atoms with Gasteiger partial charge in [-0.25, -0.2) is 0 Å². The number of halogens is 1. The number of anilines is 1. The maximum atomic E-state index is 12.0. The van der Waals surface area contributed by atoms with E-state index >= 15 is 0 Å². The smallest absolute Gasteiger partial charge is 0.291 e. The molecule has 1 heterocycles. The molecule has 4 heteroatoms. The Kier molecular flexibility index (Phi) is 3.72. The van der Waals surface area contributed by atoms with E-state index < -0.39 is 0 Å². The van der Waals surface area contributed by atoms with Gasteiger partial charge in [0.05, 0.1) is 5.88 Å². The number of amides is 1. The molecule has 0 saturated heterocycles. The fourth-order valence-electron chi connectivity index (χ4n) is 1.63. The van der Waals surface area contributed by atoms with Gasteiger partial charge >= 0.3 is 0 Å². The summed E-state index contributed by atoms with van der Waals surface area (Å²) in [5.41, 5.74) is 2.90. The van der Waals surface area contributed by atoms with Crippen LogP contribution in [-0.2, 0) is 5.88 Å². The third-order valence-electron chi connectivity index (χ3n) is 2.66. The van der Waals surface area contributed by atoms with Crippen molar-refractivity contribution in [3.8, 4) is 0 Å². The molecule has 0 spiro atoms. The van der Waals surface area contributed by atoms with Gasteiger partial charge in [0.25, 0.3) is 5.91 Å². The van der Waals surface area contributed by atoms with Crippen LogP contribution in [0.4, 0.5) is 5.69 Å². The summed E-state index contributed by atoms with van der Waals surface area (Å²) in [6.07, 6.45) is 0. The summed E-state index contributed by atoms with van der Waals surface area (Å²) in [4.78, 5) is 12.0. The SMILES string of the molecule is Cc1ccc(C)c(NC(=O)c2ccc(CCl)o2)c1. The minimum absolute atomic E-state index is 0.261. The summed E-state index contributed by atoms with van der Waals surface area (Å²) < 4.78 is 5.29. The minimum atomic E-state index is -0.264. The Morgan fingerprint density at radius 1 is 1.28 bits per heavy atom. The maximum Gasteiger partial charge on any atom is 0.291 e.